The SMILES string of the molecule is Cc1cc(C)c(B(c2cccc(-c3cccc(-c4ccc(C56CC7(c8ccc(N(C9=CC=CCC9)c9ccc%10ccccc%10c9)cc8)CC8CC5(C6)C8C7)cc4)c3)c2)c2c(C)cc(C)cc2C)c(C)c1. The average molecular weight is 906 g/mol. The van der Waals surface area contributed by atoms with Crippen LogP contribution >= 0.6 is 0 Å². The highest BCUT2D eigenvalue weighted by molar-refractivity contribution is 6.96. The highest BCUT2D eigenvalue weighted by atomic mass is 15.1. The molecule has 0 aliphatic heterocycles. The number of nitrogens with zero attached hydrogens (tertiary/aromatic N) is 1. The van der Waals surface area contributed by atoms with Crippen LogP contribution in [-0.4, -0.2) is 6.71 Å². The maximum atomic E-state index is 2.53. The summed E-state index contributed by atoms with van der Waals surface area (Å²) < 4.78 is 0. The van der Waals surface area contributed by atoms with Gasteiger partial charge in [-0.25, -0.2) is 0 Å². The molecule has 13 rings (SSSR count). The first-order valence-corrected chi connectivity index (χ1v) is 26.2. The van der Waals surface area contributed by atoms with E-state index in [1.807, 2.05) is 0 Å². The molecule has 0 radical (unpaired) electrons. The first kappa shape index (κ1) is 43.4. The van der Waals surface area contributed by atoms with Gasteiger partial charge in [0.15, 0.2) is 0 Å². The van der Waals surface area contributed by atoms with Crippen molar-refractivity contribution in [2.45, 2.75) is 97.3 Å². The van der Waals surface area contributed by atoms with Crippen molar-refractivity contribution >= 4 is 45.2 Å². The molecule has 5 aliphatic rings. The third-order valence-corrected chi connectivity index (χ3v) is 18.5. The van der Waals surface area contributed by atoms with Gasteiger partial charge in [0.2, 0.25) is 6.71 Å². The van der Waals surface area contributed by atoms with Gasteiger partial charge in [-0.15, -0.1) is 0 Å². The Morgan fingerprint density at radius 3 is 1.79 bits per heavy atom. The van der Waals surface area contributed by atoms with Crippen LogP contribution in [0.1, 0.15) is 89.5 Å². The first-order valence-electron chi connectivity index (χ1n) is 26.2. The van der Waals surface area contributed by atoms with E-state index in [1.54, 1.807) is 11.1 Å². The summed E-state index contributed by atoms with van der Waals surface area (Å²) in [7, 11) is 0. The van der Waals surface area contributed by atoms with Crippen molar-refractivity contribution in [1.82, 2.24) is 0 Å². The predicted molar refractivity (Wildman–Crippen MR) is 298 cm³/mol. The minimum Gasteiger partial charge on any atom is -0.314 e. The minimum atomic E-state index is 0.148. The maximum Gasteiger partial charge on any atom is 0.242 e. The molecule has 8 aromatic carbocycles. The van der Waals surface area contributed by atoms with Crippen molar-refractivity contribution in [2.75, 3.05) is 4.90 Å². The van der Waals surface area contributed by atoms with E-state index in [0.29, 0.717) is 5.41 Å². The number of aryl methyl sites for hydroxylation is 6. The van der Waals surface area contributed by atoms with Gasteiger partial charge in [-0.05, 0) is 190 Å². The van der Waals surface area contributed by atoms with Gasteiger partial charge in [0.1, 0.15) is 0 Å². The van der Waals surface area contributed by atoms with Gasteiger partial charge in [0, 0.05) is 22.5 Å². The standard InChI is InChI=1S/C68H64BN/c1-44-32-46(3)64(47(4)33-44)69(65-48(5)34-45(2)35-49(65)6)59-19-13-18-54(37-59)53-17-12-16-52(36-53)51-22-25-58(26-23-51)68-42-66(39-56-40-67(68,43-68)63(56)41-66)57-27-30-61(31-28-57)70(60-20-8-7-9-21-60)62-29-24-50-14-10-11-15-55(50)38-62/h7-8,10-20,22-38,56,63H,9,21,39-43H2,1-6H3. The van der Waals surface area contributed by atoms with E-state index in [-0.39, 0.29) is 17.5 Å². The summed E-state index contributed by atoms with van der Waals surface area (Å²) in [5.41, 5.74) is 25.5. The van der Waals surface area contributed by atoms with Crippen molar-refractivity contribution in [2.24, 2.45) is 17.3 Å². The van der Waals surface area contributed by atoms with Gasteiger partial charge in [-0.3, -0.25) is 0 Å². The number of hydrogen-bond acceptors (Lipinski definition) is 1. The topological polar surface area (TPSA) is 3.24 Å². The van der Waals surface area contributed by atoms with Crippen LogP contribution in [0.25, 0.3) is 33.0 Å². The molecule has 2 bridgehead atoms. The highest BCUT2D eigenvalue weighted by Gasteiger charge is 2.83. The predicted octanol–water partition coefficient (Wildman–Crippen LogP) is 15.3. The third-order valence-electron chi connectivity index (χ3n) is 18.5. The van der Waals surface area contributed by atoms with Crippen LogP contribution in [0.2, 0.25) is 0 Å². The summed E-state index contributed by atoms with van der Waals surface area (Å²) in [6, 6.07) is 63.7. The molecule has 0 amide bonds. The summed E-state index contributed by atoms with van der Waals surface area (Å²) in [4.78, 5) is 2.51. The first-order chi connectivity index (χ1) is 34.0. The molecule has 1 nitrogen and oxygen atoms in total. The second kappa shape index (κ2) is 16.2. The lowest BCUT2D eigenvalue weighted by atomic mass is 9.34. The van der Waals surface area contributed by atoms with Gasteiger partial charge < -0.3 is 4.90 Å². The number of fused-ring (bicyclic) bond motifs is 2. The summed E-state index contributed by atoms with van der Waals surface area (Å²) in [5, 5.41) is 2.57. The zero-order valence-corrected chi connectivity index (χ0v) is 41.9. The van der Waals surface area contributed by atoms with Gasteiger partial charge in [0.25, 0.3) is 0 Å². The number of allylic oxidation sites excluding steroid dienone is 4. The Balaban J connectivity index is 0.792. The molecule has 5 unspecified atom stereocenters. The van der Waals surface area contributed by atoms with Crippen molar-refractivity contribution in [3.63, 3.8) is 0 Å². The van der Waals surface area contributed by atoms with Crippen LogP contribution in [0.15, 0.2) is 188 Å². The Morgan fingerprint density at radius 1 is 0.500 bits per heavy atom. The number of benzene rings is 8. The Morgan fingerprint density at radius 2 is 1.11 bits per heavy atom. The smallest absolute Gasteiger partial charge is 0.242 e. The van der Waals surface area contributed by atoms with Crippen LogP contribution in [0, 0.1) is 58.8 Å². The van der Waals surface area contributed by atoms with Crippen LogP contribution in [0.3, 0.4) is 0 Å². The van der Waals surface area contributed by atoms with Crippen molar-refractivity contribution < 1.29 is 0 Å². The van der Waals surface area contributed by atoms with Crippen molar-refractivity contribution in [3.05, 3.63) is 232 Å². The molecule has 8 aromatic rings. The lowest BCUT2D eigenvalue weighted by molar-refractivity contribution is 0.0415. The second-order valence-corrected chi connectivity index (χ2v) is 22.7. The molecule has 5 aliphatic carbocycles. The maximum absolute atomic E-state index is 2.53. The van der Waals surface area contributed by atoms with Crippen LogP contribution < -0.4 is 21.3 Å². The Bertz CT molecular complexity index is 3360. The molecule has 1 spiro atoms. The minimum absolute atomic E-state index is 0.148. The Hall–Kier alpha value is -6.64. The van der Waals surface area contributed by atoms with E-state index in [0.717, 1.165) is 24.7 Å². The lowest BCUT2D eigenvalue weighted by Gasteiger charge is -2.49. The molecular weight excluding hydrogens is 842 g/mol. The summed E-state index contributed by atoms with van der Waals surface area (Å²) in [6.07, 6.45) is 15.8. The monoisotopic (exact) mass is 906 g/mol. The van der Waals surface area contributed by atoms with Crippen LogP contribution in [0.5, 0.6) is 0 Å². The van der Waals surface area contributed by atoms with Gasteiger partial charge in [0.05, 0.1) is 0 Å². The van der Waals surface area contributed by atoms with Crippen molar-refractivity contribution in [3.8, 4) is 22.3 Å². The summed E-state index contributed by atoms with van der Waals surface area (Å²) in [6.45, 7) is 13.8. The van der Waals surface area contributed by atoms with Gasteiger partial charge in [-0.1, -0.05) is 195 Å². The van der Waals surface area contributed by atoms with Crippen LogP contribution in [0.4, 0.5) is 11.4 Å². The van der Waals surface area contributed by atoms with Gasteiger partial charge >= 0.3 is 0 Å². The fourth-order valence-electron chi connectivity index (χ4n) is 15.7. The molecule has 0 aromatic heterocycles. The van der Waals surface area contributed by atoms with E-state index in [4.69, 9.17) is 0 Å². The molecule has 4 saturated carbocycles. The quantitative estimate of drug-likeness (QED) is 0.124. The molecule has 2 heteroatoms. The number of rotatable bonds is 10. The zero-order valence-electron chi connectivity index (χ0n) is 41.9. The van der Waals surface area contributed by atoms with Gasteiger partial charge in [-0.2, -0.15) is 0 Å². The molecular formula is C68H64BN. The fraction of sp³-hybridized carbons (Fsp3) is 0.265. The second-order valence-electron chi connectivity index (χ2n) is 22.7. The molecule has 0 heterocycles. The molecule has 0 N–H and O–H groups in total. The number of anilines is 2. The molecule has 344 valence electrons. The highest BCUT2D eigenvalue weighted by Crippen LogP contribution is 2.89. The Labute approximate surface area is 417 Å². The third kappa shape index (κ3) is 6.80. The molecule has 4 fully saturated rings. The summed E-state index contributed by atoms with van der Waals surface area (Å²) in [5.74, 6) is 1.74. The van der Waals surface area contributed by atoms with E-state index in [1.165, 1.54) is 132 Å². The normalized spacial score (nSPS) is 23.7. The van der Waals surface area contributed by atoms with Crippen molar-refractivity contribution in [1.29, 1.82) is 0 Å². The van der Waals surface area contributed by atoms with E-state index < -0.39 is 0 Å². The van der Waals surface area contributed by atoms with E-state index >= 15 is 0 Å². The molecule has 0 saturated heterocycles. The zero-order chi connectivity index (χ0) is 47.5. The Kier molecular flexibility index (Phi) is 10.0. The summed E-state index contributed by atoms with van der Waals surface area (Å²) >= 11 is 0. The average Bonchev–Trinajstić information content (AvgIpc) is 4.01. The van der Waals surface area contributed by atoms with E-state index in [9.17, 15) is 0 Å². The largest absolute Gasteiger partial charge is 0.314 e. The van der Waals surface area contributed by atoms with E-state index in [2.05, 4.69) is 228 Å². The molecule has 70 heavy (non-hydrogen) atoms. The number of hydrogen-bond donors (Lipinski definition) is 0. The fourth-order valence-corrected chi connectivity index (χ4v) is 15.7. The molecule has 5 atom stereocenters. The van der Waals surface area contributed by atoms with Crippen LogP contribution in [-0.2, 0) is 10.8 Å². The lowest BCUT2D eigenvalue weighted by Crippen LogP contribution is -2.55.